The quantitative estimate of drug-likeness (QED) is 0.789. The van der Waals surface area contributed by atoms with Crippen molar-refractivity contribution in [3.05, 3.63) is 60.2 Å². The van der Waals surface area contributed by atoms with E-state index in [2.05, 4.69) is 10.3 Å². The maximum Gasteiger partial charge on any atom is 0.131 e. The third kappa shape index (κ3) is 2.08. The van der Waals surface area contributed by atoms with E-state index < -0.39 is 0 Å². The number of imidazole rings is 1. The third-order valence-corrected chi connectivity index (χ3v) is 3.48. The van der Waals surface area contributed by atoms with E-state index in [0.717, 1.165) is 22.5 Å². The van der Waals surface area contributed by atoms with Gasteiger partial charge in [0.1, 0.15) is 11.6 Å². The highest BCUT2D eigenvalue weighted by molar-refractivity contribution is 5.78. The number of aromatic nitrogens is 2. The minimum absolute atomic E-state index is 0.0747. The molecule has 1 aromatic heterocycles. The summed E-state index contributed by atoms with van der Waals surface area (Å²) in [6.07, 6.45) is 0. The summed E-state index contributed by atoms with van der Waals surface area (Å²) >= 11 is 0. The van der Waals surface area contributed by atoms with Crippen LogP contribution in [0.25, 0.3) is 16.7 Å². The number of hydrogen-bond acceptors (Lipinski definition) is 2. The fourth-order valence-corrected chi connectivity index (χ4v) is 2.34. The molecular formula is C16H16FN3. The molecule has 1 atom stereocenters. The van der Waals surface area contributed by atoms with Crippen LogP contribution in [0, 0.1) is 5.82 Å². The summed E-state index contributed by atoms with van der Waals surface area (Å²) in [6, 6.07) is 14.7. The molecule has 2 aromatic carbocycles. The summed E-state index contributed by atoms with van der Waals surface area (Å²) in [5, 5.41) is 3.19. The largest absolute Gasteiger partial charge is 0.311 e. The number of nitrogens with zero attached hydrogens (tertiary/aromatic N) is 2. The van der Waals surface area contributed by atoms with E-state index in [4.69, 9.17) is 0 Å². The molecular weight excluding hydrogens is 253 g/mol. The van der Waals surface area contributed by atoms with Crippen LogP contribution in [0.4, 0.5) is 4.39 Å². The van der Waals surface area contributed by atoms with Gasteiger partial charge >= 0.3 is 0 Å². The number of nitrogens with one attached hydrogen (secondary N) is 1. The lowest BCUT2D eigenvalue weighted by molar-refractivity contribution is 0.603. The molecule has 102 valence electrons. The molecule has 0 aliphatic carbocycles. The molecule has 0 amide bonds. The van der Waals surface area contributed by atoms with Crippen molar-refractivity contribution < 1.29 is 4.39 Å². The van der Waals surface area contributed by atoms with Gasteiger partial charge in [0.05, 0.1) is 17.1 Å². The molecule has 1 heterocycles. The fourth-order valence-electron chi connectivity index (χ4n) is 2.34. The zero-order chi connectivity index (χ0) is 14.1. The molecule has 1 N–H and O–H groups in total. The van der Waals surface area contributed by atoms with E-state index in [1.807, 2.05) is 48.9 Å². The van der Waals surface area contributed by atoms with Gasteiger partial charge in [0.25, 0.3) is 0 Å². The number of benzene rings is 2. The summed E-state index contributed by atoms with van der Waals surface area (Å²) in [5.41, 5.74) is 2.57. The Morgan fingerprint density at radius 1 is 1.15 bits per heavy atom. The van der Waals surface area contributed by atoms with Gasteiger partial charge in [-0.3, -0.25) is 4.57 Å². The van der Waals surface area contributed by atoms with Crippen LogP contribution in [-0.4, -0.2) is 16.6 Å². The molecule has 0 radical (unpaired) electrons. The van der Waals surface area contributed by atoms with Gasteiger partial charge < -0.3 is 5.32 Å². The molecule has 3 rings (SSSR count). The molecule has 1 unspecified atom stereocenters. The summed E-state index contributed by atoms with van der Waals surface area (Å²) in [7, 11) is 1.89. The number of hydrogen-bond donors (Lipinski definition) is 1. The van der Waals surface area contributed by atoms with E-state index >= 15 is 0 Å². The maximum absolute atomic E-state index is 13.6. The predicted octanol–water partition coefficient (Wildman–Crippen LogP) is 3.45. The van der Waals surface area contributed by atoms with E-state index in [1.165, 1.54) is 12.1 Å². The van der Waals surface area contributed by atoms with Crippen molar-refractivity contribution >= 4 is 11.0 Å². The van der Waals surface area contributed by atoms with Gasteiger partial charge in [0, 0.05) is 11.8 Å². The summed E-state index contributed by atoms with van der Waals surface area (Å²) in [6.45, 7) is 2.04. The first-order valence-electron chi connectivity index (χ1n) is 6.61. The SMILES string of the molecule is CNC(C)c1nc2ccc(F)cc2n1-c1ccccc1. The molecule has 3 nitrogen and oxygen atoms in total. The highest BCUT2D eigenvalue weighted by Gasteiger charge is 2.16. The Kier molecular flexibility index (Phi) is 3.24. The molecule has 0 saturated carbocycles. The van der Waals surface area contributed by atoms with Crippen molar-refractivity contribution in [2.75, 3.05) is 7.05 Å². The van der Waals surface area contributed by atoms with E-state index in [0.29, 0.717) is 0 Å². The van der Waals surface area contributed by atoms with Crippen LogP contribution in [0.3, 0.4) is 0 Å². The Morgan fingerprint density at radius 2 is 1.90 bits per heavy atom. The van der Waals surface area contributed by atoms with Gasteiger partial charge in [-0.2, -0.15) is 0 Å². The Morgan fingerprint density at radius 3 is 2.60 bits per heavy atom. The first-order valence-corrected chi connectivity index (χ1v) is 6.61. The molecule has 3 aromatic rings. The molecule has 4 heteroatoms. The van der Waals surface area contributed by atoms with Gasteiger partial charge in [-0.1, -0.05) is 18.2 Å². The Hall–Kier alpha value is -2.20. The number of para-hydroxylation sites is 1. The second-order valence-electron chi connectivity index (χ2n) is 4.78. The lowest BCUT2D eigenvalue weighted by Gasteiger charge is -2.14. The van der Waals surface area contributed by atoms with Gasteiger partial charge in [-0.05, 0) is 38.2 Å². The average molecular weight is 269 g/mol. The molecule has 0 saturated heterocycles. The van der Waals surface area contributed by atoms with Gasteiger partial charge in [-0.15, -0.1) is 0 Å². The molecule has 0 aliphatic rings. The highest BCUT2D eigenvalue weighted by Crippen LogP contribution is 2.25. The van der Waals surface area contributed by atoms with Crippen molar-refractivity contribution in [1.82, 2.24) is 14.9 Å². The van der Waals surface area contributed by atoms with Crippen molar-refractivity contribution in [3.63, 3.8) is 0 Å². The second-order valence-corrected chi connectivity index (χ2v) is 4.78. The highest BCUT2D eigenvalue weighted by atomic mass is 19.1. The zero-order valence-electron chi connectivity index (χ0n) is 11.5. The fraction of sp³-hybridized carbons (Fsp3) is 0.188. The van der Waals surface area contributed by atoms with Crippen molar-refractivity contribution in [3.8, 4) is 5.69 Å². The molecule has 20 heavy (non-hydrogen) atoms. The lowest BCUT2D eigenvalue weighted by Crippen LogP contribution is -2.17. The van der Waals surface area contributed by atoms with Crippen LogP contribution in [0.1, 0.15) is 18.8 Å². The smallest absolute Gasteiger partial charge is 0.131 e. The van der Waals surface area contributed by atoms with Crippen LogP contribution in [0.5, 0.6) is 0 Å². The topological polar surface area (TPSA) is 29.9 Å². The molecule has 0 aliphatic heterocycles. The van der Waals surface area contributed by atoms with E-state index in [-0.39, 0.29) is 11.9 Å². The van der Waals surface area contributed by atoms with Crippen LogP contribution < -0.4 is 5.32 Å². The Balaban J connectivity index is 2.33. The van der Waals surface area contributed by atoms with Gasteiger partial charge in [-0.25, -0.2) is 9.37 Å². The Bertz CT molecular complexity index is 734. The Labute approximate surface area is 117 Å². The molecule has 0 spiro atoms. The lowest BCUT2D eigenvalue weighted by atomic mass is 10.2. The maximum atomic E-state index is 13.6. The normalized spacial score (nSPS) is 12.8. The zero-order valence-corrected chi connectivity index (χ0v) is 11.5. The molecule has 0 fully saturated rings. The minimum atomic E-state index is -0.252. The van der Waals surface area contributed by atoms with Crippen LogP contribution in [0.15, 0.2) is 48.5 Å². The predicted molar refractivity (Wildman–Crippen MR) is 78.5 cm³/mol. The molecule has 0 bridgehead atoms. The van der Waals surface area contributed by atoms with Gasteiger partial charge in [0.15, 0.2) is 0 Å². The van der Waals surface area contributed by atoms with Crippen molar-refractivity contribution in [2.45, 2.75) is 13.0 Å². The monoisotopic (exact) mass is 269 g/mol. The number of fused-ring (bicyclic) bond motifs is 1. The first kappa shape index (κ1) is 12.8. The summed E-state index contributed by atoms with van der Waals surface area (Å²) in [5.74, 6) is 0.623. The number of halogens is 1. The first-order chi connectivity index (χ1) is 9.70. The van der Waals surface area contributed by atoms with Crippen LogP contribution in [0.2, 0.25) is 0 Å². The van der Waals surface area contributed by atoms with Crippen molar-refractivity contribution in [2.24, 2.45) is 0 Å². The summed E-state index contributed by atoms with van der Waals surface area (Å²) < 4.78 is 15.6. The standard InChI is InChI=1S/C16H16FN3/c1-11(18-2)16-19-14-9-8-12(17)10-15(14)20(16)13-6-4-3-5-7-13/h3-11,18H,1-2H3. The summed E-state index contributed by atoms with van der Waals surface area (Å²) in [4.78, 5) is 4.63. The second kappa shape index (κ2) is 5.06. The van der Waals surface area contributed by atoms with Crippen LogP contribution >= 0.6 is 0 Å². The number of rotatable bonds is 3. The van der Waals surface area contributed by atoms with Crippen molar-refractivity contribution in [1.29, 1.82) is 0 Å². The van der Waals surface area contributed by atoms with Gasteiger partial charge in [0.2, 0.25) is 0 Å². The third-order valence-electron chi connectivity index (χ3n) is 3.48. The van der Waals surface area contributed by atoms with E-state index in [1.54, 1.807) is 6.07 Å². The minimum Gasteiger partial charge on any atom is -0.311 e. The van der Waals surface area contributed by atoms with Crippen LogP contribution in [-0.2, 0) is 0 Å². The van der Waals surface area contributed by atoms with E-state index in [9.17, 15) is 4.39 Å². The average Bonchev–Trinajstić information content (AvgIpc) is 2.85.